The lowest BCUT2D eigenvalue weighted by Crippen LogP contribution is -2.49. The van der Waals surface area contributed by atoms with Crippen LogP contribution in [0.4, 0.5) is 10.8 Å². The standard InChI is InChI=1S/C28H32ClN5O4S/c1-19(2)34(27(37)21-8-4-5-9-22(21)29)17-25(35)31-28-30-20(18-39-28)16-26(36)33-14-12-32(13-15-33)23-10-6-7-11-24(23)38-3/h4-11,18-19H,12-17H2,1-3H3,(H,30,31,35). The summed E-state index contributed by atoms with van der Waals surface area (Å²) in [5.41, 5.74) is 1.97. The summed E-state index contributed by atoms with van der Waals surface area (Å²) in [6.07, 6.45) is 0.157. The number of anilines is 2. The predicted molar refractivity (Wildman–Crippen MR) is 154 cm³/mol. The highest BCUT2D eigenvalue weighted by molar-refractivity contribution is 7.13. The summed E-state index contributed by atoms with van der Waals surface area (Å²) < 4.78 is 5.47. The molecule has 1 saturated heterocycles. The molecule has 1 aliphatic heterocycles. The Morgan fingerprint density at radius 2 is 1.77 bits per heavy atom. The number of hydrogen-bond acceptors (Lipinski definition) is 7. The average Bonchev–Trinajstić information content (AvgIpc) is 3.37. The van der Waals surface area contributed by atoms with Crippen molar-refractivity contribution < 1.29 is 19.1 Å². The SMILES string of the molecule is COc1ccccc1N1CCN(C(=O)Cc2csc(NC(=O)CN(C(=O)c3ccccc3Cl)C(C)C)n2)CC1. The smallest absolute Gasteiger partial charge is 0.256 e. The molecule has 11 heteroatoms. The molecule has 2 aromatic carbocycles. The van der Waals surface area contributed by atoms with E-state index >= 15 is 0 Å². The van der Waals surface area contributed by atoms with E-state index in [4.69, 9.17) is 16.3 Å². The van der Waals surface area contributed by atoms with Gasteiger partial charge in [0.25, 0.3) is 5.91 Å². The lowest BCUT2D eigenvalue weighted by molar-refractivity contribution is -0.130. The molecule has 0 saturated carbocycles. The van der Waals surface area contributed by atoms with Crippen LogP contribution in [0.15, 0.2) is 53.9 Å². The molecule has 206 valence electrons. The Kier molecular flexibility index (Phi) is 9.42. The van der Waals surface area contributed by atoms with E-state index in [1.807, 2.05) is 43.0 Å². The summed E-state index contributed by atoms with van der Waals surface area (Å²) in [5, 5.41) is 5.25. The van der Waals surface area contributed by atoms with Gasteiger partial charge in [0.1, 0.15) is 12.3 Å². The molecule has 9 nitrogen and oxygen atoms in total. The number of para-hydroxylation sites is 2. The minimum atomic E-state index is -0.371. The fourth-order valence-corrected chi connectivity index (χ4v) is 5.33. The first-order chi connectivity index (χ1) is 18.8. The molecule has 2 heterocycles. The zero-order valence-corrected chi connectivity index (χ0v) is 23.8. The van der Waals surface area contributed by atoms with Gasteiger partial charge in [0.2, 0.25) is 11.8 Å². The number of carbonyl (C=O) groups excluding carboxylic acids is 3. The maximum absolute atomic E-state index is 13.0. The summed E-state index contributed by atoms with van der Waals surface area (Å²) >= 11 is 7.44. The van der Waals surface area contributed by atoms with Gasteiger partial charge in [-0.1, -0.05) is 35.9 Å². The van der Waals surface area contributed by atoms with Crippen molar-refractivity contribution in [3.05, 3.63) is 70.2 Å². The van der Waals surface area contributed by atoms with Crippen molar-refractivity contribution in [2.45, 2.75) is 26.3 Å². The highest BCUT2D eigenvalue weighted by Crippen LogP contribution is 2.28. The molecule has 0 bridgehead atoms. The van der Waals surface area contributed by atoms with Gasteiger partial charge < -0.3 is 24.8 Å². The van der Waals surface area contributed by atoms with Crippen molar-refractivity contribution in [2.24, 2.45) is 0 Å². The van der Waals surface area contributed by atoms with Gasteiger partial charge in [-0.2, -0.15) is 0 Å². The summed E-state index contributed by atoms with van der Waals surface area (Å²) in [6.45, 7) is 6.17. The van der Waals surface area contributed by atoms with Crippen LogP contribution in [0.2, 0.25) is 5.02 Å². The molecule has 3 amide bonds. The average molecular weight is 570 g/mol. The first-order valence-corrected chi connectivity index (χ1v) is 14.0. The van der Waals surface area contributed by atoms with E-state index in [1.54, 1.807) is 36.8 Å². The lowest BCUT2D eigenvalue weighted by atomic mass is 10.1. The number of rotatable bonds is 9. The molecule has 3 aromatic rings. The largest absolute Gasteiger partial charge is 0.495 e. The van der Waals surface area contributed by atoms with Gasteiger partial charge in [-0.15, -0.1) is 11.3 Å². The third-order valence-corrected chi connectivity index (χ3v) is 7.63. The van der Waals surface area contributed by atoms with Gasteiger partial charge in [-0.25, -0.2) is 4.98 Å². The Labute approximate surface area is 237 Å². The Morgan fingerprint density at radius 3 is 2.46 bits per heavy atom. The number of piperazine rings is 1. The Balaban J connectivity index is 1.29. The van der Waals surface area contributed by atoms with E-state index in [2.05, 4.69) is 15.2 Å². The number of nitrogens with one attached hydrogen (secondary N) is 1. The zero-order chi connectivity index (χ0) is 27.9. The topological polar surface area (TPSA) is 95.1 Å². The van der Waals surface area contributed by atoms with E-state index < -0.39 is 0 Å². The van der Waals surface area contributed by atoms with Gasteiger partial charge in [0, 0.05) is 37.6 Å². The fraction of sp³-hybridized carbons (Fsp3) is 0.357. The number of methoxy groups -OCH3 is 1. The van der Waals surface area contributed by atoms with Crippen LogP contribution >= 0.6 is 22.9 Å². The van der Waals surface area contributed by atoms with E-state index in [-0.39, 0.29) is 36.7 Å². The molecular formula is C28H32ClN5O4S. The van der Waals surface area contributed by atoms with E-state index in [1.165, 1.54) is 16.2 Å². The Hall–Kier alpha value is -3.63. The lowest BCUT2D eigenvalue weighted by Gasteiger charge is -2.36. The second-order valence-electron chi connectivity index (χ2n) is 9.42. The molecular weight excluding hydrogens is 538 g/mol. The maximum atomic E-state index is 13.0. The molecule has 0 radical (unpaired) electrons. The number of halogens is 1. The Bertz CT molecular complexity index is 1320. The summed E-state index contributed by atoms with van der Waals surface area (Å²) in [4.78, 5) is 48.6. The molecule has 39 heavy (non-hydrogen) atoms. The number of benzene rings is 2. The van der Waals surface area contributed by atoms with Gasteiger partial charge in [-0.3, -0.25) is 14.4 Å². The number of carbonyl (C=O) groups is 3. The zero-order valence-electron chi connectivity index (χ0n) is 22.2. The first kappa shape index (κ1) is 28.4. The number of aromatic nitrogens is 1. The monoisotopic (exact) mass is 569 g/mol. The minimum absolute atomic E-state index is 0.00540. The first-order valence-electron chi connectivity index (χ1n) is 12.7. The summed E-state index contributed by atoms with van der Waals surface area (Å²) in [6, 6.07) is 14.4. The van der Waals surface area contributed by atoms with Crippen LogP contribution in [-0.4, -0.2) is 78.4 Å². The van der Waals surface area contributed by atoms with Crippen molar-refractivity contribution in [2.75, 3.05) is 50.1 Å². The van der Waals surface area contributed by atoms with E-state index in [0.29, 0.717) is 47.6 Å². The van der Waals surface area contributed by atoms with Crippen molar-refractivity contribution in [3.63, 3.8) is 0 Å². The molecule has 1 aliphatic rings. The second kappa shape index (κ2) is 12.9. The number of thiazole rings is 1. The molecule has 4 rings (SSSR count). The van der Waals surface area contributed by atoms with Crippen LogP contribution in [0, 0.1) is 0 Å². The van der Waals surface area contributed by atoms with Gasteiger partial charge in [-0.05, 0) is 38.1 Å². The van der Waals surface area contributed by atoms with Crippen LogP contribution in [0.1, 0.15) is 29.9 Å². The second-order valence-corrected chi connectivity index (χ2v) is 10.7. The molecule has 1 fully saturated rings. The van der Waals surface area contributed by atoms with Crippen LogP contribution in [0.25, 0.3) is 0 Å². The number of hydrogen-bond donors (Lipinski definition) is 1. The van der Waals surface area contributed by atoms with Crippen LogP contribution in [-0.2, 0) is 16.0 Å². The molecule has 0 atom stereocenters. The fourth-order valence-electron chi connectivity index (χ4n) is 4.39. The van der Waals surface area contributed by atoms with Gasteiger partial charge in [0.15, 0.2) is 5.13 Å². The quantitative estimate of drug-likeness (QED) is 0.415. The molecule has 1 N–H and O–H groups in total. The van der Waals surface area contributed by atoms with Crippen LogP contribution < -0.4 is 15.0 Å². The third-order valence-electron chi connectivity index (χ3n) is 6.49. The maximum Gasteiger partial charge on any atom is 0.256 e. The molecule has 0 unspecified atom stereocenters. The van der Waals surface area contributed by atoms with Gasteiger partial charge in [0.05, 0.1) is 35.5 Å². The van der Waals surface area contributed by atoms with Crippen molar-refractivity contribution >= 4 is 51.5 Å². The van der Waals surface area contributed by atoms with Gasteiger partial charge >= 0.3 is 0 Å². The molecule has 1 aromatic heterocycles. The number of amides is 3. The van der Waals surface area contributed by atoms with E-state index in [0.717, 1.165) is 11.4 Å². The highest BCUT2D eigenvalue weighted by Gasteiger charge is 2.25. The normalized spacial score (nSPS) is 13.4. The van der Waals surface area contributed by atoms with Crippen molar-refractivity contribution in [1.29, 1.82) is 0 Å². The van der Waals surface area contributed by atoms with Crippen molar-refractivity contribution in [1.82, 2.24) is 14.8 Å². The number of ether oxygens (including phenoxy) is 1. The van der Waals surface area contributed by atoms with Crippen molar-refractivity contribution in [3.8, 4) is 5.75 Å². The molecule has 0 spiro atoms. The molecule has 0 aliphatic carbocycles. The number of nitrogens with zero attached hydrogens (tertiary/aromatic N) is 4. The highest BCUT2D eigenvalue weighted by atomic mass is 35.5. The third kappa shape index (κ3) is 7.07. The predicted octanol–water partition coefficient (Wildman–Crippen LogP) is 4.19. The minimum Gasteiger partial charge on any atom is -0.495 e. The van der Waals surface area contributed by atoms with E-state index in [9.17, 15) is 14.4 Å². The Morgan fingerprint density at radius 1 is 1.08 bits per heavy atom. The summed E-state index contributed by atoms with van der Waals surface area (Å²) in [7, 11) is 1.66. The van der Waals surface area contributed by atoms with Crippen LogP contribution in [0.3, 0.4) is 0 Å². The van der Waals surface area contributed by atoms with Crippen LogP contribution in [0.5, 0.6) is 5.75 Å². The summed E-state index contributed by atoms with van der Waals surface area (Å²) in [5.74, 6) is 0.124.